The van der Waals surface area contributed by atoms with E-state index in [2.05, 4.69) is 6.58 Å². The summed E-state index contributed by atoms with van der Waals surface area (Å²) in [7, 11) is -5.85. The van der Waals surface area contributed by atoms with E-state index in [-0.39, 0.29) is 27.7 Å². The third-order valence-corrected chi connectivity index (χ3v) is 4.27. The molecule has 1 N–H and O–H groups in total. The van der Waals surface area contributed by atoms with Crippen molar-refractivity contribution in [1.29, 1.82) is 0 Å². The first-order valence-corrected chi connectivity index (χ1v) is 8.45. The average Bonchev–Trinajstić information content (AvgIpc) is 2.52. The highest BCUT2D eigenvalue weighted by Gasteiger charge is 2.47. The van der Waals surface area contributed by atoms with Gasteiger partial charge in [-0.1, -0.05) is 30.8 Å². The second-order valence-corrected chi connectivity index (χ2v) is 6.88. The van der Waals surface area contributed by atoms with Crippen LogP contribution in [0.3, 0.4) is 0 Å². The Bertz CT molecular complexity index is 1010. The number of hydrogen-bond acceptors (Lipinski definition) is 5. The first kappa shape index (κ1) is 19.4. The fourth-order valence-electron chi connectivity index (χ4n) is 1.99. The van der Waals surface area contributed by atoms with Gasteiger partial charge in [-0.2, -0.15) is 21.6 Å². The van der Waals surface area contributed by atoms with Crippen molar-refractivity contribution in [2.24, 2.45) is 0 Å². The average molecular weight is 387 g/mol. The van der Waals surface area contributed by atoms with E-state index in [0.717, 1.165) is 10.8 Å². The summed E-state index contributed by atoms with van der Waals surface area (Å²) >= 11 is 0. The van der Waals surface area contributed by atoms with Gasteiger partial charge >= 0.3 is 21.5 Å². The monoisotopic (exact) mass is 387 g/mol. The molecule has 2 rings (SSSR count). The molecule has 0 atom stereocenters. The lowest BCUT2D eigenvalue weighted by atomic mass is 10.0. The van der Waals surface area contributed by atoms with Gasteiger partial charge in [-0.25, -0.2) is 9.52 Å². The minimum atomic E-state index is -5.85. The summed E-state index contributed by atoms with van der Waals surface area (Å²) in [5.74, 6) is -2.15. The number of sulfonamides is 1. The second-order valence-electron chi connectivity index (χ2n) is 5.21. The van der Waals surface area contributed by atoms with Crippen molar-refractivity contribution >= 4 is 32.7 Å². The number of nitrogens with one attached hydrogen (secondary N) is 1. The molecule has 0 spiro atoms. The maximum atomic E-state index is 12.4. The Morgan fingerprint density at radius 3 is 2.23 bits per heavy atom. The van der Waals surface area contributed by atoms with Gasteiger partial charge in [0, 0.05) is 16.5 Å². The molecule has 2 aromatic rings. The van der Waals surface area contributed by atoms with Crippen molar-refractivity contribution in [3.8, 4) is 5.75 Å². The summed E-state index contributed by atoms with van der Waals surface area (Å²) in [4.78, 5) is 23.7. The highest BCUT2D eigenvalue weighted by molar-refractivity contribution is 7.90. The van der Waals surface area contributed by atoms with Gasteiger partial charge in [0.05, 0.1) is 0 Å². The summed E-state index contributed by atoms with van der Waals surface area (Å²) in [6, 6.07) is 8.12. The number of halogens is 3. The summed E-state index contributed by atoms with van der Waals surface area (Å²) in [6.45, 7) is 4.85. The van der Waals surface area contributed by atoms with Gasteiger partial charge < -0.3 is 4.74 Å². The molecule has 6 nitrogen and oxygen atoms in total. The highest BCUT2D eigenvalue weighted by Crippen LogP contribution is 2.29. The van der Waals surface area contributed by atoms with E-state index in [0.29, 0.717) is 0 Å². The first-order chi connectivity index (χ1) is 11.9. The molecular weight excluding hydrogens is 375 g/mol. The van der Waals surface area contributed by atoms with Crippen molar-refractivity contribution in [3.63, 3.8) is 0 Å². The number of fused-ring (bicyclic) bond motifs is 1. The minimum Gasteiger partial charge on any atom is -0.423 e. The van der Waals surface area contributed by atoms with E-state index in [1.54, 1.807) is 0 Å². The zero-order valence-electron chi connectivity index (χ0n) is 13.3. The van der Waals surface area contributed by atoms with Crippen LogP contribution in [0.2, 0.25) is 0 Å². The molecule has 10 heteroatoms. The lowest BCUT2D eigenvalue weighted by Crippen LogP contribution is -2.40. The number of benzene rings is 2. The molecular formula is C16H12F3NO5S. The molecule has 0 heterocycles. The van der Waals surface area contributed by atoms with Crippen molar-refractivity contribution in [2.45, 2.75) is 12.4 Å². The van der Waals surface area contributed by atoms with Gasteiger partial charge in [0.2, 0.25) is 0 Å². The lowest BCUT2D eigenvalue weighted by Gasteiger charge is -2.12. The third kappa shape index (κ3) is 3.85. The van der Waals surface area contributed by atoms with Gasteiger partial charge in [-0.3, -0.25) is 4.79 Å². The Balaban J connectivity index is 2.49. The fourth-order valence-corrected chi connectivity index (χ4v) is 2.46. The third-order valence-electron chi connectivity index (χ3n) is 3.21. The summed E-state index contributed by atoms with van der Waals surface area (Å²) < 4.78 is 65.6. The molecule has 138 valence electrons. The number of rotatable bonds is 4. The largest absolute Gasteiger partial charge is 0.516 e. The maximum Gasteiger partial charge on any atom is 0.516 e. The number of ether oxygens (including phenoxy) is 1. The smallest absolute Gasteiger partial charge is 0.423 e. The number of alkyl halides is 3. The molecule has 0 saturated carbocycles. The van der Waals surface area contributed by atoms with Crippen LogP contribution in [0.25, 0.3) is 10.8 Å². The Morgan fingerprint density at radius 1 is 1.08 bits per heavy atom. The van der Waals surface area contributed by atoms with Crippen LogP contribution < -0.4 is 9.46 Å². The number of amides is 1. The predicted molar refractivity (Wildman–Crippen MR) is 86.8 cm³/mol. The van der Waals surface area contributed by atoms with E-state index in [9.17, 15) is 31.2 Å². The van der Waals surface area contributed by atoms with E-state index >= 15 is 0 Å². The molecule has 0 aromatic heterocycles. The number of carbonyl (C=O) groups is 2. The van der Waals surface area contributed by atoms with Crippen LogP contribution in [0.4, 0.5) is 13.2 Å². The summed E-state index contributed by atoms with van der Waals surface area (Å²) in [6.07, 6.45) is 0. The van der Waals surface area contributed by atoms with Gasteiger partial charge in [0.25, 0.3) is 5.91 Å². The topological polar surface area (TPSA) is 89.5 Å². The molecule has 0 aliphatic heterocycles. The lowest BCUT2D eigenvalue weighted by molar-refractivity contribution is -0.129. The molecule has 0 radical (unpaired) electrons. The van der Waals surface area contributed by atoms with Gasteiger partial charge in [-0.05, 0) is 24.4 Å². The molecule has 1 amide bonds. The highest BCUT2D eigenvalue weighted by atomic mass is 32.2. The summed E-state index contributed by atoms with van der Waals surface area (Å²) in [5, 5.41) is 0.341. The zero-order valence-corrected chi connectivity index (χ0v) is 14.1. The van der Waals surface area contributed by atoms with Crippen LogP contribution in [-0.2, 0) is 14.8 Å². The van der Waals surface area contributed by atoms with E-state index in [1.165, 1.54) is 37.3 Å². The van der Waals surface area contributed by atoms with Crippen LogP contribution in [0.15, 0.2) is 48.6 Å². The van der Waals surface area contributed by atoms with Crippen molar-refractivity contribution < 1.29 is 35.9 Å². The zero-order chi connectivity index (χ0) is 19.7. The van der Waals surface area contributed by atoms with Crippen molar-refractivity contribution in [2.75, 3.05) is 0 Å². The van der Waals surface area contributed by atoms with E-state index in [1.807, 2.05) is 0 Å². The molecule has 0 aliphatic carbocycles. The number of esters is 1. The Morgan fingerprint density at radius 2 is 1.65 bits per heavy atom. The quantitative estimate of drug-likeness (QED) is 0.495. The fraction of sp³-hybridized carbons (Fsp3) is 0.125. The van der Waals surface area contributed by atoms with Gasteiger partial charge in [0.15, 0.2) is 0 Å². The van der Waals surface area contributed by atoms with Crippen LogP contribution in [0, 0.1) is 0 Å². The molecule has 0 saturated heterocycles. The molecule has 0 fully saturated rings. The van der Waals surface area contributed by atoms with Crippen molar-refractivity contribution in [3.05, 3.63) is 54.1 Å². The molecule has 26 heavy (non-hydrogen) atoms. The molecule has 0 aliphatic rings. The van der Waals surface area contributed by atoms with E-state index in [4.69, 9.17) is 4.74 Å². The van der Waals surface area contributed by atoms with Crippen LogP contribution in [0.5, 0.6) is 5.75 Å². The Kier molecular flexibility index (Phi) is 5.08. The summed E-state index contributed by atoms with van der Waals surface area (Å²) in [5.41, 5.74) is -5.84. The maximum absolute atomic E-state index is 12.4. The second kappa shape index (κ2) is 6.79. The molecule has 2 aromatic carbocycles. The Hall–Kier alpha value is -2.88. The SMILES string of the molecule is C=C(C)C(=O)Oc1cccc2c(C(=O)NS(=O)(=O)C(F)(F)F)cccc12. The standard InChI is InChI=1S/C16H12F3NO5S/c1-9(2)15(22)25-13-8-4-5-10-11(13)6-3-7-12(10)14(21)20-26(23,24)16(17,18)19/h3-8H,1H2,2H3,(H,20,21). The van der Waals surface area contributed by atoms with Crippen molar-refractivity contribution in [1.82, 2.24) is 4.72 Å². The van der Waals surface area contributed by atoms with E-state index < -0.39 is 27.4 Å². The molecule has 0 bridgehead atoms. The number of hydrogen-bond donors (Lipinski definition) is 1. The van der Waals surface area contributed by atoms with Crippen LogP contribution >= 0.6 is 0 Å². The normalized spacial score (nSPS) is 11.8. The van der Waals surface area contributed by atoms with Gasteiger partial charge in [-0.15, -0.1) is 0 Å². The Labute approximate surface area is 146 Å². The number of carbonyl (C=O) groups excluding carboxylic acids is 2. The predicted octanol–water partition coefficient (Wildman–Crippen LogP) is 2.90. The van der Waals surface area contributed by atoms with Crippen LogP contribution in [-0.4, -0.2) is 25.8 Å². The minimum absolute atomic E-state index is 0.0452. The first-order valence-electron chi connectivity index (χ1n) is 6.97. The van der Waals surface area contributed by atoms with Gasteiger partial charge in [0.1, 0.15) is 5.75 Å². The van der Waals surface area contributed by atoms with Crippen LogP contribution in [0.1, 0.15) is 17.3 Å². The molecule has 0 unspecified atom stereocenters.